The second-order valence-electron chi connectivity index (χ2n) is 6.68. The summed E-state index contributed by atoms with van der Waals surface area (Å²) in [6.07, 6.45) is 1.32. The molecule has 1 aliphatic heterocycles. The highest BCUT2D eigenvalue weighted by atomic mass is 35.5. The highest BCUT2D eigenvalue weighted by molar-refractivity contribution is 7.99. The third kappa shape index (κ3) is 7.15. The van der Waals surface area contributed by atoms with Gasteiger partial charge in [-0.15, -0.1) is 11.8 Å². The van der Waals surface area contributed by atoms with Crippen LogP contribution >= 0.6 is 23.4 Å². The van der Waals surface area contributed by atoms with Crippen molar-refractivity contribution < 1.29 is 4.79 Å². The summed E-state index contributed by atoms with van der Waals surface area (Å²) in [4.78, 5) is 14.4. The first kappa shape index (κ1) is 18.6. The number of amides is 1. The number of halogens is 1. The quantitative estimate of drug-likeness (QED) is 0.810. The molecule has 1 heterocycles. The predicted octanol–water partition coefficient (Wildman–Crippen LogP) is 3.67. The molecule has 128 valence electrons. The molecule has 1 aromatic rings. The minimum Gasteiger partial charge on any atom is -0.354 e. The largest absolute Gasteiger partial charge is 0.354 e. The van der Waals surface area contributed by atoms with Gasteiger partial charge >= 0.3 is 0 Å². The molecule has 0 aliphatic carbocycles. The minimum absolute atomic E-state index is 0.120. The molecule has 0 bridgehead atoms. The van der Waals surface area contributed by atoms with Crippen LogP contribution in [-0.4, -0.2) is 42.7 Å². The Morgan fingerprint density at radius 3 is 2.78 bits per heavy atom. The molecule has 1 fully saturated rings. The number of rotatable bonds is 7. The van der Waals surface area contributed by atoms with Crippen molar-refractivity contribution in [2.24, 2.45) is 11.8 Å². The Kier molecular flexibility index (Phi) is 7.74. The highest BCUT2D eigenvalue weighted by Crippen LogP contribution is 2.20. The maximum absolute atomic E-state index is 11.9. The Labute approximate surface area is 149 Å². The van der Waals surface area contributed by atoms with Crippen molar-refractivity contribution in [1.29, 1.82) is 0 Å². The monoisotopic (exact) mass is 354 g/mol. The van der Waals surface area contributed by atoms with Crippen molar-refractivity contribution in [1.82, 2.24) is 10.2 Å². The highest BCUT2D eigenvalue weighted by Gasteiger charge is 2.21. The van der Waals surface area contributed by atoms with Crippen molar-refractivity contribution in [2.75, 3.05) is 31.9 Å². The summed E-state index contributed by atoms with van der Waals surface area (Å²) in [6, 6.07) is 7.80. The molecular formula is C18H27ClN2OS. The van der Waals surface area contributed by atoms with Crippen LogP contribution < -0.4 is 5.32 Å². The van der Waals surface area contributed by atoms with Gasteiger partial charge in [-0.3, -0.25) is 4.79 Å². The Morgan fingerprint density at radius 2 is 2.09 bits per heavy atom. The molecule has 0 spiro atoms. The third-order valence-electron chi connectivity index (χ3n) is 4.09. The Balaban J connectivity index is 1.58. The van der Waals surface area contributed by atoms with Crippen LogP contribution in [-0.2, 0) is 10.5 Å². The fraction of sp³-hybridized carbons (Fsp3) is 0.611. The minimum atomic E-state index is 0.120. The van der Waals surface area contributed by atoms with Crippen LogP contribution in [0.15, 0.2) is 24.3 Å². The molecule has 2 unspecified atom stereocenters. The second-order valence-corrected chi connectivity index (χ2v) is 8.10. The Hall–Kier alpha value is -0.710. The van der Waals surface area contributed by atoms with E-state index in [0.29, 0.717) is 5.75 Å². The number of likely N-dealkylation sites (tertiary alicyclic amines) is 1. The molecule has 1 N–H and O–H groups in total. The van der Waals surface area contributed by atoms with E-state index in [9.17, 15) is 4.79 Å². The van der Waals surface area contributed by atoms with Crippen LogP contribution in [0.1, 0.15) is 25.8 Å². The number of benzene rings is 1. The third-order valence-corrected chi connectivity index (χ3v) is 5.32. The average Bonchev–Trinajstić information content (AvgIpc) is 2.46. The summed E-state index contributed by atoms with van der Waals surface area (Å²) in [5, 5.41) is 3.78. The van der Waals surface area contributed by atoms with Gasteiger partial charge in [-0.2, -0.15) is 0 Å². The molecule has 2 rings (SSSR count). The summed E-state index contributed by atoms with van der Waals surface area (Å²) >= 11 is 7.58. The van der Waals surface area contributed by atoms with Gasteiger partial charge in [0.1, 0.15) is 0 Å². The first-order valence-corrected chi connectivity index (χ1v) is 9.87. The molecule has 0 saturated carbocycles. The maximum Gasteiger partial charge on any atom is 0.230 e. The van der Waals surface area contributed by atoms with Gasteiger partial charge in [-0.05, 0) is 36.0 Å². The average molecular weight is 355 g/mol. The van der Waals surface area contributed by atoms with Crippen molar-refractivity contribution >= 4 is 29.3 Å². The zero-order chi connectivity index (χ0) is 16.7. The lowest BCUT2D eigenvalue weighted by atomic mass is 9.92. The predicted molar refractivity (Wildman–Crippen MR) is 100 cm³/mol. The fourth-order valence-electron chi connectivity index (χ4n) is 3.27. The first-order valence-electron chi connectivity index (χ1n) is 8.34. The van der Waals surface area contributed by atoms with E-state index < -0.39 is 0 Å². The van der Waals surface area contributed by atoms with Gasteiger partial charge in [0, 0.05) is 37.0 Å². The molecule has 2 atom stereocenters. The van der Waals surface area contributed by atoms with Crippen LogP contribution in [0.4, 0.5) is 0 Å². The van der Waals surface area contributed by atoms with E-state index in [4.69, 9.17) is 11.6 Å². The van der Waals surface area contributed by atoms with E-state index in [1.807, 2.05) is 24.3 Å². The number of nitrogens with one attached hydrogen (secondary N) is 1. The van der Waals surface area contributed by atoms with Crippen molar-refractivity contribution in [3.8, 4) is 0 Å². The molecule has 1 amide bonds. The van der Waals surface area contributed by atoms with Gasteiger partial charge in [0.05, 0.1) is 5.75 Å². The van der Waals surface area contributed by atoms with Gasteiger partial charge in [0.15, 0.2) is 0 Å². The normalized spacial score (nSPS) is 22.0. The van der Waals surface area contributed by atoms with Gasteiger partial charge in [-0.25, -0.2) is 0 Å². The standard InChI is InChI=1S/C18H27ClN2OS/c1-14-8-15(2)11-21(10-14)7-6-20-18(22)13-23-12-16-4-3-5-17(19)9-16/h3-5,9,14-15H,6-8,10-13H2,1-2H3,(H,20,22). The number of hydrogen-bond donors (Lipinski definition) is 1. The Morgan fingerprint density at radius 1 is 1.35 bits per heavy atom. The molecule has 0 aromatic heterocycles. The summed E-state index contributed by atoms with van der Waals surface area (Å²) < 4.78 is 0. The number of thioether (sulfide) groups is 1. The lowest BCUT2D eigenvalue weighted by Gasteiger charge is -2.34. The lowest BCUT2D eigenvalue weighted by molar-refractivity contribution is -0.118. The number of hydrogen-bond acceptors (Lipinski definition) is 3. The van der Waals surface area contributed by atoms with E-state index >= 15 is 0 Å². The van der Waals surface area contributed by atoms with Crippen LogP contribution in [0.25, 0.3) is 0 Å². The van der Waals surface area contributed by atoms with Crippen molar-refractivity contribution in [3.63, 3.8) is 0 Å². The number of nitrogens with zero attached hydrogens (tertiary/aromatic N) is 1. The maximum atomic E-state index is 11.9. The SMILES string of the molecule is CC1CC(C)CN(CCNC(=O)CSCc2cccc(Cl)c2)C1. The summed E-state index contributed by atoms with van der Waals surface area (Å²) in [6.45, 7) is 8.64. The van der Waals surface area contributed by atoms with Crippen LogP contribution in [0.3, 0.4) is 0 Å². The van der Waals surface area contributed by atoms with Crippen LogP contribution in [0.2, 0.25) is 5.02 Å². The topological polar surface area (TPSA) is 32.3 Å². The Bertz CT molecular complexity index is 502. The molecule has 1 aliphatic rings. The number of carbonyl (C=O) groups is 1. The molecule has 1 saturated heterocycles. The molecule has 0 radical (unpaired) electrons. The van der Waals surface area contributed by atoms with E-state index in [-0.39, 0.29) is 5.91 Å². The van der Waals surface area contributed by atoms with E-state index in [2.05, 4.69) is 24.1 Å². The van der Waals surface area contributed by atoms with Crippen molar-refractivity contribution in [2.45, 2.75) is 26.0 Å². The van der Waals surface area contributed by atoms with Crippen LogP contribution in [0.5, 0.6) is 0 Å². The first-order chi connectivity index (χ1) is 11.0. The molecule has 1 aromatic carbocycles. The van der Waals surface area contributed by atoms with Crippen molar-refractivity contribution in [3.05, 3.63) is 34.9 Å². The zero-order valence-electron chi connectivity index (χ0n) is 14.1. The van der Waals surface area contributed by atoms with Gasteiger partial charge < -0.3 is 10.2 Å². The van der Waals surface area contributed by atoms with Gasteiger partial charge in [-0.1, -0.05) is 37.6 Å². The molecule has 23 heavy (non-hydrogen) atoms. The summed E-state index contributed by atoms with van der Waals surface area (Å²) in [5.74, 6) is 2.97. The number of carbonyl (C=O) groups excluding carboxylic acids is 1. The summed E-state index contributed by atoms with van der Waals surface area (Å²) in [5.41, 5.74) is 1.16. The number of piperidine rings is 1. The van der Waals surface area contributed by atoms with Crippen LogP contribution in [0, 0.1) is 11.8 Å². The van der Waals surface area contributed by atoms with E-state index in [0.717, 1.165) is 54.4 Å². The fourth-order valence-corrected chi connectivity index (χ4v) is 4.29. The molecule has 5 heteroatoms. The lowest BCUT2D eigenvalue weighted by Crippen LogP contribution is -2.43. The second kappa shape index (κ2) is 9.55. The molecular weight excluding hydrogens is 328 g/mol. The van der Waals surface area contributed by atoms with Gasteiger partial charge in [0.2, 0.25) is 5.91 Å². The molecule has 3 nitrogen and oxygen atoms in total. The zero-order valence-corrected chi connectivity index (χ0v) is 15.6. The van der Waals surface area contributed by atoms with E-state index in [1.54, 1.807) is 11.8 Å². The summed E-state index contributed by atoms with van der Waals surface area (Å²) in [7, 11) is 0. The van der Waals surface area contributed by atoms with Gasteiger partial charge in [0.25, 0.3) is 0 Å². The van der Waals surface area contributed by atoms with E-state index in [1.165, 1.54) is 6.42 Å². The smallest absolute Gasteiger partial charge is 0.230 e.